The SMILES string of the molecule is CC1(C)c2ccccc2-c2cc(-c3ccccc3-c3ccc4ccc5c(-c6ccc(-c7cccc8c7C(C)(C)c7ccccc7-8)cc6)ccc6ccc3c4c65)ccc21. The van der Waals surface area contributed by atoms with Gasteiger partial charge in [-0.05, 0) is 127 Å². The van der Waals surface area contributed by atoms with E-state index in [1.807, 2.05) is 0 Å². The van der Waals surface area contributed by atoms with E-state index < -0.39 is 0 Å². The van der Waals surface area contributed by atoms with Gasteiger partial charge >= 0.3 is 0 Å². The molecule has 0 N–H and O–H groups in total. The van der Waals surface area contributed by atoms with E-state index >= 15 is 0 Å². The Morgan fingerprint density at radius 1 is 0.276 bits per heavy atom. The van der Waals surface area contributed by atoms with Crippen LogP contribution in [0.3, 0.4) is 0 Å². The highest BCUT2D eigenvalue weighted by Crippen LogP contribution is 2.53. The summed E-state index contributed by atoms with van der Waals surface area (Å²) in [5.74, 6) is 0. The lowest BCUT2D eigenvalue weighted by Crippen LogP contribution is -2.16. The van der Waals surface area contributed by atoms with Gasteiger partial charge in [-0.1, -0.05) is 204 Å². The minimum atomic E-state index is -0.0584. The number of hydrogen-bond acceptors (Lipinski definition) is 0. The lowest BCUT2D eigenvalue weighted by Gasteiger charge is -2.24. The van der Waals surface area contributed by atoms with Gasteiger partial charge in [-0.3, -0.25) is 0 Å². The summed E-state index contributed by atoms with van der Waals surface area (Å²) in [4.78, 5) is 0. The van der Waals surface area contributed by atoms with Gasteiger partial charge in [0.1, 0.15) is 0 Å². The fraction of sp³-hybridized carbons (Fsp3) is 0.103. The molecule has 10 aromatic carbocycles. The van der Waals surface area contributed by atoms with Crippen LogP contribution in [-0.4, -0.2) is 0 Å². The maximum Gasteiger partial charge on any atom is 0.0165 e. The van der Waals surface area contributed by atoms with E-state index in [2.05, 4.69) is 210 Å². The molecule has 2 aliphatic carbocycles. The second kappa shape index (κ2) is 11.9. The average molecular weight is 739 g/mol. The Morgan fingerprint density at radius 3 is 1.43 bits per heavy atom. The Hall–Kier alpha value is -6.76. The van der Waals surface area contributed by atoms with Crippen molar-refractivity contribution in [2.24, 2.45) is 0 Å². The number of fused-ring (bicyclic) bond motifs is 6. The normalized spacial score (nSPS) is 14.5. The highest BCUT2D eigenvalue weighted by atomic mass is 14.4. The Balaban J connectivity index is 0.975. The molecular weight excluding hydrogens is 697 g/mol. The van der Waals surface area contributed by atoms with Gasteiger partial charge in [0, 0.05) is 10.8 Å². The monoisotopic (exact) mass is 738 g/mol. The third-order valence-corrected chi connectivity index (χ3v) is 13.9. The summed E-state index contributed by atoms with van der Waals surface area (Å²) < 4.78 is 0. The molecular formula is C58H42. The number of hydrogen-bond donors (Lipinski definition) is 0. The molecule has 0 heteroatoms. The summed E-state index contributed by atoms with van der Waals surface area (Å²) in [5, 5.41) is 7.83. The summed E-state index contributed by atoms with van der Waals surface area (Å²) in [6, 6.07) is 68.7. The van der Waals surface area contributed by atoms with Crippen molar-refractivity contribution < 1.29 is 0 Å². The lowest BCUT2D eigenvalue weighted by atomic mass is 9.78. The van der Waals surface area contributed by atoms with Crippen LogP contribution in [0.1, 0.15) is 49.9 Å². The van der Waals surface area contributed by atoms with E-state index in [9.17, 15) is 0 Å². The Labute approximate surface area is 340 Å². The van der Waals surface area contributed by atoms with Crippen molar-refractivity contribution in [1.82, 2.24) is 0 Å². The molecule has 10 aromatic rings. The first-order chi connectivity index (χ1) is 28.3. The highest BCUT2D eigenvalue weighted by Gasteiger charge is 2.37. The Kier molecular flexibility index (Phi) is 6.84. The van der Waals surface area contributed by atoms with Gasteiger partial charge in [-0.15, -0.1) is 0 Å². The molecule has 0 amide bonds. The predicted molar refractivity (Wildman–Crippen MR) is 247 cm³/mol. The summed E-state index contributed by atoms with van der Waals surface area (Å²) in [7, 11) is 0. The van der Waals surface area contributed by atoms with Crippen molar-refractivity contribution in [2.45, 2.75) is 38.5 Å². The smallest absolute Gasteiger partial charge is 0.0165 e. The molecule has 274 valence electrons. The lowest BCUT2D eigenvalue weighted by molar-refractivity contribution is 0.660. The number of rotatable bonds is 4. The molecule has 0 heterocycles. The van der Waals surface area contributed by atoms with Gasteiger partial charge in [-0.2, -0.15) is 0 Å². The molecule has 12 rings (SSSR count). The standard InChI is InChI=1S/C58H42/c1-57(2)51-18-9-8-15-46(51)50-34-39(28-33-53(50)57)40-12-5-6-13-43(40)44-30-25-38-26-31-47-41(29-24-37-27-32-48(44)55(38)54(37)47)35-20-22-36(23-21-35)42-16-11-17-49-45-14-7-10-19-52(45)58(3,4)56(42)49/h5-34H,1-4H3. The molecule has 2 aliphatic rings. The molecule has 58 heavy (non-hydrogen) atoms. The minimum absolute atomic E-state index is 0.0106. The maximum atomic E-state index is 2.43. The van der Waals surface area contributed by atoms with Crippen LogP contribution in [0.25, 0.3) is 99.1 Å². The van der Waals surface area contributed by atoms with Crippen LogP contribution in [0.15, 0.2) is 182 Å². The van der Waals surface area contributed by atoms with Crippen LogP contribution < -0.4 is 0 Å². The molecule has 0 saturated carbocycles. The van der Waals surface area contributed by atoms with E-state index in [0.717, 1.165) is 0 Å². The molecule has 0 bridgehead atoms. The van der Waals surface area contributed by atoms with Gasteiger partial charge in [0.25, 0.3) is 0 Å². The average Bonchev–Trinajstić information content (AvgIpc) is 3.65. The molecule has 0 atom stereocenters. The topological polar surface area (TPSA) is 0 Å². The third-order valence-electron chi connectivity index (χ3n) is 13.9. The van der Waals surface area contributed by atoms with Crippen molar-refractivity contribution in [3.05, 3.63) is 204 Å². The largest absolute Gasteiger partial charge is 0.0619 e. The fourth-order valence-corrected chi connectivity index (χ4v) is 11.1. The first kappa shape index (κ1) is 33.4. The zero-order valence-corrected chi connectivity index (χ0v) is 33.3. The molecule has 0 spiro atoms. The highest BCUT2D eigenvalue weighted by molar-refractivity contribution is 6.28. The van der Waals surface area contributed by atoms with E-state index in [0.29, 0.717) is 0 Å². The van der Waals surface area contributed by atoms with Crippen LogP contribution in [0.5, 0.6) is 0 Å². The number of benzene rings is 10. The Morgan fingerprint density at radius 2 is 0.741 bits per heavy atom. The molecule has 0 nitrogen and oxygen atoms in total. The molecule has 0 radical (unpaired) electrons. The minimum Gasteiger partial charge on any atom is -0.0619 e. The summed E-state index contributed by atoms with van der Waals surface area (Å²) in [5.41, 5.74) is 21.2. The zero-order chi connectivity index (χ0) is 38.9. The van der Waals surface area contributed by atoms with Gasteiger partial charge in [0.15, 0.2) is 0 Å². The van der Waals surface area contributed by atoms with Gasteiger partial charge < -0.3 is 0 Å². The zero-order valence-electron chi connectivity index (χ0n) is 33.3. The summed E-state index contributed by atoms with van der Waals surface area (Å²) in [6.07, 6.45) is 0. The fourth-order valence-electron chi connectivity index (χ4n) is 11.1. The second-order valence-corrected chi connectivity index (χ2v) is 17.6. The molecule has 0 aromatic heterocycles. The van der Waals surface area contributed by atoms with Crippen LogP contribution >= 0.6 is 0 Å². The molecule has 0 fully saturated rings. The summed E-state index contributed by atoms with van der Waals surface area (Å²) >= 11 is 0. The van der Waals surface area contributed by atoms with Crippen molar-refractivity contribution in [3.63, 3.8) is 0 Å². The van der Waals surface area contributed by atoms with E-state index in [1.54, 1.807) is 0 Å². The first-order valence-corrected chi connectivity index (χ1v) is 20.7. The molecule has 0 saturated heterocycles. The van der Waals surface area contributed by atoms with Crippen molar-refractivity contribution >= 4 is 32.3 Å². The van der Waals surface area contributed by atoms with Crippen LogP contribution in [-0.2, 0) is 10.8 Å². The predicted octanol–water partition coefficient (Wildman–Crippen LogP) is 15.9. The quantitative estimate of drug-likeness (QED) is 0.158. The van der Waals surface area contributed by atoms with Crippen LogP contribution in [0.2, 0.25) is 0 Å². The van der Waals surface area contributed by atoms with Gasteiger partial charge in [0.2, 0.25) is 0 Å². The summed E-state index contributed by atoms with van der Waals surface area (Å²) in [6.45, 7) is 9.45. The van der Waals surface area contributed by atoms with E-state index in [-0.39, 0.29) is 10.8 Å². The van der Waals surface area contributed by atoms with Gasteiger partial charge in [-0.25, -0.2) is 0 Å². The Bertz CT molecular complexity index is 3320. The van der Waals surface area contributed by atoms with E-state index in [1.165, 1.54) is 121 Å². The second-order valence-electron chi connectivity index (χ2n) is 17.6. The van der Waals surface area contributed by atoms with Crippen molar-refractivity contribution in [2.75, 3.05) is 0 Å². The van der Waals surface area contributed by atoms with E-state index in [4.69, 9.17) is 0 Å². The van der Waals surface area contributed by atoms with Crippen molar-refractivity contribution in [3.8, 4) is 66.8 Å². The third kappa shape index (κ3) is 4.52. The molecule has 0 aliphatic heterocycles. The first-order valence-electron chi connectivity index (χ1n) is 20.7. The van der Waals surface area contributed by atoms with Crippen LogP contribution in [0, 0.1) is 0 Å². The van der Waals surface area contributed by atoms with Gasteiger partial charge in [0.05, 0.1) is 0 Å². The van der Waals surface area contributed by atoms with Crippen molar-refractivity contribution in [1.29, 1.82) is 0 Å². The maximum absolute atomic E-state index is 2.43. The van der Waals surface area contributed by atoms with Crippen LogP contribution in [0.4, 0.5) is 0 Å². The molecule has 0 unspecified atom stereocenters.